The summed E-state index contributed by atoms with van der Waals surface area (Å²) in [6, 6.07) is 7.83. The van der Waals surface area contributed by atoms with Gasteiger partial charge in [0.15, 0.2) is 0 Å². The van der Waals surface area contributed by atoms with Crippen LogP contribution >= 0.6 is 0 Å². The van der Waals surface area contributed by atoms with Crippen molar-refractivity contribution in [1.29, 1.82) is 0 Å². The third kappa shape index (κ3) is 4.38. The minimum atomic E-state index is 0.358. The van der Waals surface area contributed by atoms with Gasteiger partial charge in [-0.05, 0) is 12.0 Å². The average Bonchev–Trinajstić information content (AvgIpc) is 2.68. The molecule has 0 aliphatic heterocycles. The number of ketones is 1. The van der Waals surface area contributed by atoms with Gasteiger partial charge in [-0.2, -0.15) is 0 Å². The molecule has 1 aromatic carbocycles. The molecule has 2 rings (SSSR count). The number of para-hydroxylation sites is 1. The van der Waals surface area contributed by atoms with Gasteiger partial charge >= 0.3 is 0 Å². The summed E-state index contributed by atoms with van der Waals surface area (Å²) in [6.07, 6.45) is 9.02. The zero-order chi connectivity index (χ0) is 13.5. The van der Waals surface area contributed by atoms with E-state index in [0.717, 1.165) is 17.7 Å². The fourth-order valence-corrected chi connectivity index (χ4v) is 3.02. The number of carbonyl (C=O) groups is 1. The first-order chi connectivity index (χ1) is 9.29. The molecule has 0 amide bonds. The Kier molecular flexibility index (Phi) is 5.44. The lowest BCUT2D eigenvalue weighted by molar-refractivity contribution is -0.119. The predicted octanol–water partition coefficient (Wildman–Crippen LogP) is 4.17. The number of hydrogen-bond donors (Lipinski definition) is 0. The van der Waals surface area contributed by atoms with Crippen molar-refractivity contribution in [3.05, 3.63) is 29.8 Å². The molecule has 1 aliphatic carbocycles. The number of methoxy groups -OCH3 is 1. The smallest absolute Gasteiger partial charge is 0.137 e. The SMILES string of the molecule is COc1ccccc1CC(=O)CC1CCCCCC1. The Morgan fingerprint density at radius 1 is 1.16 bits per heavy atom. The van der Waals surface area contributed by atoms with Gasteiger partial charge in [-0.25, -0.2) is 0 Å². The van der Waals surface area contributed by atoms with E-state index in [4.69, 9.17) is 4.74 Å². The molecule has 2 nitrogen and oxygen atoms in total. The van der Waals surface area contributed by atoms with E-state index in [2.05, 4.69) is 0 Å². The number of carbonyl (C=O) groups excluding carboxylic acids is 1. The lowest BCUT2D eigenvalue weighted by atomic mass is 9.92. The second-order valence-electron chi connectivity index (χ2n) is 5.59. The lowest BCUT2D eigenvalue weighted by Gasteiger charge is -2.13. The van der Waals surface area contributed by atoms with Crippen LogP contribution in [0.5, 0.6) is 5.75 Å². The molecule has 0 radical (unpaired) electrons. The highest BCUT2D eigenvalue weighted by atomic mass is 16.5. The van der Waals surface area contributed by atoms with Crippen molar-refractivity contribution < 1.29 is 9.53 Å². The maximum Gasteiger partial charge on any atom is 0.137 e. The fraction of sp³-hybridized carbons (Fsp3) is 0.588. The molecule has 2 heteroatoms. The molecule has 0 spiro atoms. The third-order valence-electron chi connectivity index (χ3n) is 4.07. The van der Waals surface area contributed by atoms with Crippen LogP contribution < -0.4 is 4.74 Å². The van der Waals surface area contributed by atoms with E-state index in [1.54, 1.807) is 7.11 Å². The van der Waals surface area contributed by atoms with Crippen molar-refractivity contribution in [1.82, 2.24) is 0 Å². The molecule has 0 saturated heterocycles. The van der Waals surface area contributed by atoms with E-state index in [-0.39, 0.29) is 0 Å². The Balaban J connectivity index is 1.89. The molecule has 1 saturated carbocycles. The molecule has 19 heavy (non-hydrogen) atoms. The van der Waals surface area contributed by atoms with Gasteiger partial charge in [0.25, 0.3) is 0 Å². The monoisotopic (exact) mass is 260 g/mol. The van der Waals surface area contributed by atoms with E-state index >= 15 is 0 Å². The molecule has 0 bridgehead atoms. The molecule has 0 unspecified atom stereocenters. The Bertz CT molecular complexity index is 403. The maximum atomic E-state index is 12.2. The molecule has 104 valence electrons. The number of hydrogen-bond acceptors (Lipinski definition) is 2. The summed E-state index contributed by atoms with van der Waals surface area (Å²) in [4.78, 5) is 12.2. The van der Waals surface area contributed by atoms with Gasteiger partial charge in [-0.15, -0.1) is 0 Å². The van der Waals surface area contributed by atoms with Gasteiger partial charge < -0.3 is 4.74 Å². The van der Waals surface area contributed by atoms with Crippen LogP contribution in [-0.4, -0.2) is 12.9 Å². The van der Waals surface area contributed by atoms with E-state index in [9.17, 15) is 4.79 Å². The van der Waals surface area contributed by atoms with Crippen LogP contribution in [0.2, 0.25) is 0 Å². The average molecular weight is 260 g/mol. The summed E-state index contributed by atoms with van der Waals surface area (Å²) in [6.45, 7) is 0. The topological polar surface area (TPSA) is 26.3 Å². The summed E-state index contributed by atoms with van der Waals surface area (Å²) in [5, 5.41) is 0. The van der Waals surface area contributed by atoms with Gasteiger partial charge in [0, 0.05) is 18.4 Å². The molecule has 0 aromatic heterocycles. The number of benzene rings is 1. The fourth-order valence-electron chi connectivity index (χ4n) is 3.02. The van der Waals surface area contributed by atoms with Crippen LogP contribution in [0.1, 0.15) is 50.5 Å². The third-order valence-corrected chi connectivity index (χ3v) is 4.07. The van der Waals surface area contributed by atoms with Crippen molar-refractivity contribution in [2.45, 2.75) is 51.4 Å². The van der Waals surface area contributed by atoms with Gasteiger partial charge in [-0.3, -0.25) is 4.79 Å². The van der Waals surface area contributed by atoms with Crippen molar-refractivity contribution in [3.63, 3.8) is 0 Å². The molecule has 1 aromatic rings. The number of rotatable bonds is 5. The highest BCUT2D eigenvalue weighted by molar-refractivity contribution is 5.81. The van der Waals surface area contributed by atoms with Crippen LogP contribution in [0, 0.1) is 5.92 Å². The van der Waals surface area contributed by atoms with Crippen molar-refractivity contribution >= 4 is 5.78 Å². The Labute approximate surface area is 116 Å². The standard InChI is InChI=1S/C17H24O2/c1-19-17-11-7-6-10-15(17)13-16(18)12-14-8-4-2-3-5-9-14/h6-7,10-11,14H,2-5,8-9,12-13H2,1H3. The van der Waals surface area contributed by atoms with Gasteiger partial charge in [0.05, 0.1) is 7.11 Å². The molecule has 0 heterocycles. The largest absolute Gasteiger partial charge is 0.496 e. The minimum Gasteiger partial charge on any atom is -0.496 e. The van der Waals surface area contributed by atoms with E-state index < -0.39 is 0 Å². The molecule has 0 N–H and O–H groups in total. The van der Waals surface area contributed by atoms with Crippen LogP contribution in [-0.2, 0) is 11.2 Å². The Morgan fingerprint density at radius 3 is 2.53 bits per heavy atom. The summed E-state index contributed by atoms with van der Waals surface area (Å²) in [5.74, 6) is 1.80. The molecule has 1 aliphatic rings. The van der Waals surface area contributed by atoms with Gasteiger partial charge in [0.1, 0.15) is 11.5 Å². The van der Waals surface area contributed by atoms with E-state index in [0.29, 0.717) is 18.1 Å². The Morgan fingerprint density at radius 2 is 1.84 bits per heavy atom. The maximum absolute atomic E-state index is 12.2. The minimum absolute atomic E-state index is 0.358. The summed E-state index contributed by atoms with van der Waals surface area (Å²) >= 11 is 0. The van der Waals surface area contributed by atoms with Crippen molar-refractivity contribution in [3.8, 4) is 5.75 Å². The van der Waals surface area contributed by atoms with Gasteiger partial charge in [0.2, 0.25) is 0 Å². The first-order valence-electron chi connectivity index (χ1n) is 7.43. The lowest BCUT2D eigenvalue weighted by Crippen LogP contribution is -2.11. The van der Waals surface area contributed by atoms with Crippen LogP contribution in [0.3, 0.4) is 0 Å². The zero-order valence-corrected chi connectivity index (χ0v) is 11.9. The molecule has 0 atom stereocenters. The van der Waals surface area contributed by atoms with Crippen molar-refractivity contribution in [2.75, 3.05) is 7.11 Å². The molecular weight excluding hydrogens is 236 g/mol. The normalized spacial score (nSPS) is 16.9. The van der Waals surface area contributed by atoms with Crippen LogP contribution in [0.4, 0.5) is 0 Å². The predicted molar refractivity (Wildman–Crippen MR) is 77.5 cm³/mol. The van der Waals surface area contributed by atoms with Gasteiger partial charge in [-0.1, -0.05) is 56.7 Å². The zero-order valence-electron chi connectivity index (χ0n) is 11.9. The van der Waals surface area contributed by atoms with Crippen LogP contribution in [0.25, 0.3) is 0 Å². The van der Waals surface area contributed by atoms with Crippen LogP contribution in [0.15, 0.2) is 24.3 Å². The highest BCUT2D eigenvalue weighted by Crippen LogP contribution is 2.27. The summed E-state index contributed by atoms with van der Waals surface area (Å²) < 4.78 is 5.30. The molecular formula is C17H24O2. The second kappa shape index (κ2) is 7.32. The van der Waals surface area contributed by atoms with E-state index in [1.807, 2.05) is 24.3 Å². The summed E-state index contributed by atoms with van der Waals surface area (Å²) in [7, 11) is 1.66. The van der Waals surface area contributed by atoms with Crippen molar-refractivity contribution in [2.24, 2.45) is 5.92 Å². The number of Topliss-reactive ketones (excluding diaryl/α,β-unsaturated/α-hetero) is 1. The highest BCUT2D eigenvalue weighted by Gasteiger charge is 2.17. The first-order valence-corrected chi connectivity index (χ1v) is 7.43. The summed E-state index contributed by atoms with van der Waals surface area (Å²) in [5.41, 5.74) is 1.02. The second-order valence-corrected chi connectivity index (χ2v) is 5.59. The number of ether oxygens (including phenoxy) is 1. The first kappa shape index (κ1) is 14.1. The quantitative estimate of drug-likeness (QED) is 0.743. The van der Waals surface area contributed by atoms with E-state index in [1.165, 1.54) is 38.5 Å². The molecule has 1 fully saturated rings. The Hall–Kier alpha value is -1.31.